The maximum Gasteiger partial charge on any atom is 0.100 e. The summed E-state index contributed by atoms with van der Waals surface area (Å²) in [5, 5.41) is 19.0. The molecule has 0 spiro atoms. The van der Waals surface area contributed by atoms with Gasteiger partial charge >= 0.3 is 0 Å². The average Bonchev–Trinajstić information content (AvgIpc) is 3.52. The highest BCUT2D eigenvalue weighted by atomic mass is 32.1. The van der Waals surface area contributed by atoms with Gasteiger partial charge in [0.05, 0.1) is 11.1 Å². The van der Waals surface area contributed by atoms with Crippen molar-refractivity contribution in [1.29, 1.82) is 10.5 Å². The standard InChI is InChI=1S/C25H16N2S4/c1-15-7-17(13-26)22(28-15)9-19-11-24-25(29-19)12-20(30-24)10-23-18(14-27)8-21(31-23)16-5-3-2-4-6-16/h2-8,11-12H,9-10H2,1H3. The molecule has 2 nitrogen and oxygen atoms in total. The first-order valence-electron chi connectivity index (χ1n) is 9.71. The van der Waals surface area contributed by atoms with Gasteiger partial charge in [-0.2, -0.15) is 10.5 Å². The zero-order chi connectivity index (χ0) is 21.4. The van der Waals surface area contributed by atoms with Crippen molar-refractivity contribution in [3.05, 3.63) is 90.1 Å². The van der Waals surface area contributed by atoms with Crippen molar-refractivity contribution < 1.29 is 0 Å². The molecule has 4 aromatic heterocycles. The van der Waals surface area contributed by atoms with Crippen molar-refractivity contribution >= 4 is 54.7 Å². The molecule has 0 unspecified atom stereocenters. The van der Waals surface area contributed by atoms with Crippen LogP contribution in [0.1, 0.15) is 35.5 Å². The lowest BCUT2D eigenvalue weighted by molar-refractivity contribution is 1.29. The Labute approximate surface area is 196 Å². The molecule has 0 amide bonds. The highest BCUT2D eigenvalue weighted by Crippen LogP contribution is 2.38. The first-order valence-corrected chi connectivity index (χ1v) is 13.0. The Morgan fingerprint density at radius 1 is 0.710 bits per heavy atom. The lowest BCUT2D eigenvalue weighted by atomic mass is 10.1. The van der Waals surface area contributed by atoms with Crippen LogP contribution in [0.3, 0.4) is 0 Å². The average molecular weight is 473 g/mol. The molecule has 5 aromatic rings. The number of rotatable bonds is 5. The van der Waals surface area contributed by atoms with Crippen LogP contribution in [0.4, 0.5) is 0 Å². The summed E-state index contributed by atoms with van der Waals surface area (Å²) in [5.74, 6) is 0. The Morgan fingerprint density at radius 3 is 1.90 bits per heavy atom. The van der Waals surface area contributed by atoms with E-state index in [-0.39, 0.29) is 0 Å². The summed E-state index contributed by atoms with van der Waals surface area (Å²) >= 11 is 7.05. The maximum atomic E-state index is 9.62. The van der Waals surface area contributed by atoms with E-state index in [1.807, 2.05) is 53.0 Å². The number of thiophene rings is 4. The second kappa shape index (κ2) is 8.42. The van der Waals surface area contributed by atoms with Gasteiger partial charge in [-0.1, -0.05) is 30.3 Å². The van der Waals surface area contributed by atoms with Gasteiger partial charge in [0.25, 0.3) is 0 Å². The van der Waals surface area contributed by atoms with E-state index < -0.39 is 0 Å². The van der Waals surface area contributed by atoms with Gasteiger partial charge in [0.1, 0.15) is 12.1 Å². The molecule has 0 N–H and O–H groups in total. The van der Waals surface area contributed by atoms with E-state index in [4.69, 9.17) is 0 Å². The number of fused-ring (bicyclic) bond motifs is 1. The Morgan fingerprint density at radius 2 is 1.29 bits per heavy atom. The predicted molar refractivity (Wildman–Crippen MR) is 134 cm³/mol. The molecule has 0 bridgehead atoms. The SMILES string of the molecule is Cc1cc(C#N)c(Cc2cc3sc(Cc4sc(-c5ccccc5)cc4C#N)cc3s2)s1. The van der Waals surface area contributed by atoms with E-state index in [2.05, 4.69) is 43.3 Å². The van der Waals surface area contributed by atoms with Crippen LogP contribution < -0.4 is 0 Å². The minimum absolute atomic E-state index is 0.776. The van der Waals surface area contributed by atoms with Gasteiger partial charge in [0.2, 0.25) is 0 Å². The first kappa shape index (κ1) is 20.2. The van der Waals surface area contributed by atoms with Gasteiger partial charge in [0.15, 0.2) is 0 Å². The second-order valence-corrected chi connectivity index (χ2v) is 12.1. The smallest absolute Gasteiger partial charge is 0.100 e. The topological polar surface area (TPSA) is 47.6 Å². The zero-order valence-corrected chi connectivity index (χ0v) is 19.9. The molecule has 0 saturated carbocycles. The van der Waals surface area contributed by atoms with Crippen LogP contribution in [0.25, 0.3) is 19.8 Å². The van der Waals surface area contributed by atoms with Crippen molar-refractivity contribution in [3.63, 3.8) is 0 Å². The summed E-state index contributed by atoms with van der Waals surface area (Å²) in [4.78, 5) is 7.20. The molecule has 0 aliphatic heterocycles. The number of aryl methyl sites for hydroxylation is 1. The lowest BCUT2D eigenvalue weighted by Gasteiger charge is -1.96. The monoisotopic (exact) mass is 472 g/mol. The number of nitrogens with zero attached hydrogens (tertiary/aromatic N) is 2. The van der Waals surface area contributed by atoms with E-state index in [0.717, 1.165) is 44.2 Å². The summed E-state index contributed by atoms with van der Waals surface area (Å²) in [6.07, 6.45) is 1.62. The van der Waals surface area contributed by atoms with E-state index in [9.17, 15) is 10.5 Å². The van der Waals surface area contributed by atoms with Gasteiger partial charge in [-0.3, -0.25) is 0 Å². The van der Waals surface area contributed by atoms with Gasteiger partial charge in [-0.15, -0.1) is 45.3 Å². The Kier molecular flexibility index (Phi) is 5.48. The highest BCUT2D eigenvalue weighted by Gasteiger charge is 2.15. The van der Waals surface area contributed by atoms with Crippen molar-refractivity contribution in [3.8, 4) is 22.6 Å². The van der Waals surface area contributed by atoms with Gasteiger partial charge in [-0.05, 0) is 36.8 Å². The molecular formula is C25H16N2S4. The van der Waals surface area contributed by atoms with Crippen LogP contribution in [0.5, 0.6) is 0 Å². The molecule has 1 aromatic carbocycles. The van der Waals surface area contributed by atoms with Crippen LogP contribution in [-0.4, -0.2) is 0 Å². The quantitative estimate of drug-likeness (QED) is 0.260. The van der Waals surface area contributed by atoms with Crippen LogP contribution >= 0.6 is 45.3 Å². The maximum absolute atomic E-state index is 9.62. The molecule has 0 fully saturated rings. The molecule has 5 rings (SSSR count). The minimum Gasteiger partial charge on any atom is -0.192 e. The van der Waals surface area contributed by atoms with Crippen molar-refractivity contribution in [2.75, 3.05) is 0 Å². The summed E-state index contributed by atoms with van der Waals surface area (Å²) in [5.41, 5.74) is 2.74. The third-order valence-corrected chi connectivity index (χ3v) is 9.55. The molecule has 0 aliphatic rings. The van der Waals surface area contributed by atoms with E-state index in [1.165, 1.54) is 24.0 Å². The molecule has 4 heterocycles. The fourth-order valence-electron chi connectivity index (χ4n) is 3.61. The summed E-state index contributed by atoms with van der Waals surface area (Å²) in [6, 6.07) is 23.5. The Balaban J connectivity index is 1.39. The van der Waals surface area contributed by atoms with Crippen LogP contribution in [-0.2, 0) is 12.8 Å². The molecular weight excluding hydrogens is 457 g/mol. The van der Waals surface area contributed by atoms with Crippen molar-refractivity contribution in [1.82, 2.24) is 0 Å². The fraction of sp³-hybridized carbons (Fsp3) is 0.120. The van der Waals surface area contributed by atoms with Gasteiger partial charge < -0.3 is 0 Å². The van der Waals surface area contributed by atoms with E-state index >= 15 is 0 Å². The second-order valence-electron chi connectivity index (χ2n) is 7.24. The Hall–Kier alpha value is -2.74. The van der Waals surface area contributed by atoms with Gasteiger partial charge in [-0.25, -0.2) is 0 Å². The molecule has 0 atom stereocenters. The predicted octanol–water partition coefficient (Wildman–Crippen LogP) is 7.99. The van der Waals surface area contributed by atoms with Crippen LogP contribution in [0.2, 0.25) is 0 Å². The highest BCUT2D eigenvalue weighted by molar-refractivity contribution is 7.28. The van der Waals surface area contributed by atoms with Gasteiger partial charge in [0, 0.05) is 51.5 Å². The van der Waals surface area contributed by atoms with Crippen molar-refractivity contribution in [2.45, 2.75) is 19.8 Å². The molecule has 0 aliphatic carbocycles. The molecule has 31 heavy (non-hydrogen) atoms. The zero-order valence-electron chi connectivity index (χ0n) is 16.6. The third kappa shape index (κ3) is 4.08. The summed E-state index contributed by atoms with van der Waals surface area (Å²) in [7, 11) is 0. The fourth-order valence-corrected chi connectivity index (χ4v) is 8.41. The van der Waals surface area contributed by atoms with Crippen LogP contribution in [0.15, 0.2) is 54.6 Å². The molecule has 150 valence electrons. The number of hydrogen-bond donors (Lipinski definition) is 0. The summed E-state index contributed by atoms with van der Waals surface area (Å²) < 4.78 is 2.58. The van der Waals surface area contributed by atoms with E-state index in [0.29, 0.717) is 0 Å². The first-order chi connectivity index (χ1) is 15.1. The normalized spacial score (nSPS) is 10.9. The van der Waals surface area contributed by atoms with Crippen LogP contribution in [0, 0.1) is 29.6 Å². The Bertz CT molecular complexity index is 1430. The minimum atomic E-state index is 0.776. The number of benzene rings is 1. The molecule has 0 radical (unpaired) electrons. The summed E-state index contributed by atoms with van der Waals surface area (Å²) in [6.45, 7) is 2.05. The molecule has 6 heteroatoms. The third-order valence-electron chi connectivity index (χ3n) is 5.02. The largest absolute Gasteiger partial charge is 0.192 e. The number of hydrogen-bond acceptors (Lipinski definition) is 6. The van der Waals surface area contributed by atoms with E-state index in [1.54, 1.807) is 22.7 Å². The number of nitriles is 2. The molecule has 0 saturated heterocycles. The van der Waals surface area contributed by atoms with Crippen molar-refractivity contribution in [2.24, 2.45) is 0 Å². The lowest BCUT2D eigenvalue weighted by Crippen LogP contribution is -1.83.